The van der Waals surface area contributed by atoms with Gasteiger partial charge in [-0.05, 0) is 18.6 Å². The molecule has 0 aliphatic carbocycles. The fourth-order valence-electron chi connectivity index (χ4n) is 3.91. The number of thioether (sulfide) groups is 1. The van der Waals surface area contributed by atoms with Crippen molar-refractivity contribution < 1.29 is 0 Å². The number of unbranched alkanes of at least 4 members (excludes halogenated alkanes) is 21. The summed E-state index contributed by atoms with van der Waals surface area (Å²) in [4.78, 5) is 0. The lowest BCUT2D eigenvalue weighted by molar-refractivity contribution is 0.550. The van der Waals surface area contributed by atoms with Crippen molar-refractivity contribution in [3.63, 3.8) is 0 Å². The van der Waals surface area contributed by atoms with Crippen LogP contribution in [0.25, 0.3) is 0 Å². The van der Waals surface area contributed by atoms with Gasteiger partial charge in [0.15, 0.2) is 0 Å². The highest BCUT2D eigenvalue weighted by molar-refractivity contribution is 8.01. The first kappa shape index (κ1) is 28.4. The molecular formula is C27H55S. The van der Waals surface area contributed by atoms with Crippen molar-refractivity contribution >= 4 is 11.8 Å². The average molecular weight is 412 g/mol. The molecule has 0 aliphatic heterocycles. The third-order valence-corrected chi connectivity index (χ3v) is 6.90. The molecule has 28 heavy (non-hydrogen) atoms. The minimum Gasteiger partial charge on any atom is -0.157 e. The van der Waals surface area contributed by atoms with Crippen LogP contribution in [0.15, 0.2) is 0 Å². The molecule has 0 atom stereocenters. The molecule has 0 rings (SSSR count). The maximum absolute atomic E-state index is 2.49. The molecule has 0 spiro atoms. The van der Waals surface area contributed by atoms with Crippen LogP contribution in [0.1, 0.15) is 162 Å². The minimum atomic E-state index is 1.33. The van der Waals surface area contributed by atoms with Crippen LogP contribution in [-0.4, -0.2) is 5.75 Å². The summed E-state index contributed by atoms with van der Waals surface area (Å²) in [6.07, 6.45) is 33.3. The summed E-state index contributed by atoms with van der Waals surface area (Å²) in [5.41, 5.74) is 0. The number of rotatable bonds is 25. The van der Waals surface area contributed by atoms with E-state index in [0.717, 1.165) is 0 Å². The van der Waals surface area contributed by atoms with E-state index < -0.39 is 0 Å². The van der Waals surface area contributed by atoms with Crippen LogP contribution in [0.5, 0.6) is 0 Å². The molecule has 0 saturated carbocycles. The van der Waals surface area contributed by atoms with Crippen molar-refractivity contribution in [1.82, 2.24) is 0 Å². The van der Waals surface area contributed by atoms with Crippen LogP contribution in [0.3, 0.4) is 0 Å². The fraction of sp³-hybridized carbons (Fsp3) is 0.963. The summed E-state index contributed by atoms with van der Waals surface area (Å²) < 4.78 is 0. The summed E-state index contributed by atoms with van der Waals surface area (Å²) in [5, 5.41) is 0. The Balaban J connectivity index is 2.96. The zero-order chi connectivity index (χ0) is 20.4. The third-order valence-electron chi connectivity index (χ3n) is 5.91. The lowest BCUT2D eigenvalue weighted by atomic mass is 10.1. The SMILES string of the molecule is CCCCCCCCCCCCC[CH]SCCCCCCCCCCCCC. The quantitative estimate of drug-likeness (QED) is 0.135. The van der Waals surface area contributed by atoms with Crippen LogP contribution >= 0.6 is 11.8 Å². The maximum Gasteiger partial charge on any atom is 0.0166 e. The molecule has 0 saturated heterocycles. The van der Waals surface area contributed by atoms with E-state index in [0.29, 0.717) is 0 Å². The Bertz CT molecular complexity index is 225. The van der Waals surface area contributed by atoms with Crippen LogP contribution in [0.2, 0.25) is 0 Å². The van der Waals surface area contributed by atoms with Gasteiger partial charge in [-0.3, -0.25) is 0 Å². The molecule has 0 aromatic carbocycles. The van der Waals surface area contributed by atoms with Gasteiger partial charge in [-0.1, -0.05) is 149 Å². The summed E-state index contributed by atoms with van der Waals surface area (Å²) in [5.74, 6) is 3.85. The molecule has 0 aromatic rings. The topological polar surface area (TPSA) is 0 Å². The Hall–Kier alpha value is 0.350. The van der Waals surface area contributed by atoms with Gasteiger partial charge in [0, 0.05) is 5.75 Å². The highest BCUT2D eigenvalue weighted by atomic mass is 32.2. The first-order valence-corrected chi connectivity index (χ1v) is 14.4. The van der Waals surface area contributed by atoms with Gasteiger partial charge in [-0.25, -0.2) is 0 Å². The zero-order valence-corrected chi connectivity index (χ0v) is 20.8. The molecular weight excluding hydrogens is 356 g/mol. The Morgan fingerprint density at radius 1 is 0.393 bits per heavy atom. The molecule has 0 amide bonds. The lowest BCUT2D eigenvalue weighted by Crippen LogP contribution is -1.85. The first-order chi connectivity index (χ1) is 13.9. The van der Waals surface area contributed by atoms with Gasteiger partial charge in [0.2, 0.25) is 0 Å². The first-order valence-electron chi connectivity index (χ1n) is 13.3. The Morgan fingerprint density at radius 2 is 0.714 bits per heavy atom. The molecule has 1 radical (unpaired) electrons. The van der Waals surface area contributed by atoms with Crippen molar-refractivity contribution in [2.75, 3.05) is 5.75 Å². The van der Waals surface area contributed by atoms with E-state index in [1.165, 1.54) is 153 Å². The van der Waals surface area contributed by atoms with E-state index >= 15 is 0 Å². The molecule has 0 fully saturated rings. The molecule has 0 heterocycles. The Labute approximate surface area is 184 Å². The molecule has 0 N–H and O–H groups in total. The van der Waals surface area contributed by atoms with Gasteiger partial charge in [-0.15, -0.1) is 0 Å². The average Bonchev–Trinajstić information content (AvgIpc) is 2.71. The van der Waals surface area contributed by atoms with Gasteiger partial charge in [0.25, 0.3) is 0 Å². The largest absolute Gasteiger partial charge is 0.157 e. The fourth-order valence-corrected chi connectivity index (χ4v) is 4.78. The molecule has 0 bridgehead atoms. The zero-order valence-electron chi connectivity index (χ0n) is 20.0. The van der Waals surface area contributed by atoms with Crippen LogP contribution in [-0.2, 0) is 0 Å². The van der Waals surface area contributed by atoms with E-state index in [9.17, 15) is 0 Å². The number of hydrogen-bond donors (Lipinski definition) is 0. The van der Waals surface area contributed by atoms with E-state index in [2.05, 4.69) is 31.4 Å². The third kappa shape index (κ3) is 26.4. The second-order valence-electron chi connectivity index (χ2n) is 8.90. The molecule has 0 aromatic heterocycles. The van der Waals surface area contributed by atoms with Crippen LogP contribution in [0.4, 0.5) is 0 Å². The highest BCUT2D eigenvalue weighted by Crippen LogP contribution is 2.18. The highest BCUT2D eigenvalue weighted by Gasteiger charge is 1.96. The summed E-state index contributed by atoms with van der Waals surface area (Å²) >= 11 is 2.09. The van der Waals surface area contributed by atoms with Crippen molar-refractivity contribution in [2.24, 2.45) is 0 Å². The standard InChI is InChI=1S/C27H55S/c1-3-5-7-9-11-13-15-17-19-21-23-25-27-28-26-24-22-20-18-16-14-12-10-8-6-4-2/h27H,3-26H2,1-2H3. The molecule has 169 valence electrons. The molecule has 0 aliphatic rings. The Morgan fingerprint density at radius 3 is 1.11 bits per heavy atom. The van der Waals surface area contributed by atoms with Gasteiger partial charge >= 0.3 is 0 Å². The smallest absolute Gasteiger partial charge is 0.0166 e. The normalized spacial score (nSPS) is 11.4. The second kappa shape index (κ2) is 27.4. The van der Waals surface area contributed by atoms with E-state index in [1.54, 1.807) is 0 Å². The summed E-state index contributed by atoms with van der Waals surface area (Å²) in [7, 11) is 0. The molecule has 0 nitrogen and oxygen atoms in total. The van der Waals surface area contributed by atoms with Gasteiger partial charge < -0.3 is 0 Å². The Kier molecular flexibility index (Phi) is 27.7. The molecule has 1 heteroatoms. The van der Waals surface area contributed by atoms with Gasteiger partial charge in [0.1, 0.15) is 0 Å². The van der Waals surface area contributed by atoms with Crippen molar-refractivity contribution in [1.29, 1.82) is 0 Å². The maximum atomic E-state index is 2.49. The number of hydrogen-bond acceptors (Lipinski definition) is 1. The van der Waals surface area contributed by atoms with Crippen LogP contribution in [0, 0.1) is 5.75 Å². The molecule has 0 unspecified atom stereocenters. The van der Waals surface area contributed by atoms with Crippen molar-refractivity contribution in [2.45, 2.75) is 162 Å². The van der Waals surface area contributed by atoms with Crippen molar-refractivity contribution in [3.05, 3.63) is 5.75 Å². The van der Waals surface area contributed by atoms with E-state index in [1.807, 2.05) is 0 Å². The monoisotopic (exact) mass is 411 g/mol. The van der Waals surface area contributed by atoms with Gasteiger partial charge in [0.05, 0.1) is 0 Å². The summed E-state index contributed by atoms with van der Waals surface area (Å²) in [6.45, 7) is 4.60. The van der Waals surface area contributed by atoms with E-state index in [4.69, 9.17) is 0 Å². The second-order valence-corrected chi connectivity index (χ2v) is 9.97. The predicted octanol–water partition coefficient (Wildman–Crippen LogP) is 10.9. The predicted molar refractivity (Wildman–Crippen MR) is 134 cm³/mol. The summed E-state index contributed by atoms with van der Waals surface area (Å²) in [6, 6.07) is 0. The van der Waals surface area contributed by atoms with Gasteiger partial charge in [-0.2, -0.15) is 11.8 Å². The van der Waals surface area contributed by atoms with Crippen LogP contribution < -0.4 is 0 Å². The lowest BCUT2D eigenvalue weighted by Gasteiger charge is -2.04. The minimum absolute atomic E-state index is 1.33. The van der Waals surface area contributed by atoms with E-state index in [-0.39, 0.29) is 0 Å². The van der Waals surface area contributed by atoms with Crippen molar-refractivity contribution in [3.8, 4) is 0 Å².